The SMILES string of the molecule is COC(=O)C[C@@H]1CC[C@H](O)[C@H](C)[NH2+]1.[Cl-]. The number of quaternary nitrogens is 1. The Balaban J connectivity index is 0.00000169. The van der Waals surface area contributed by atoms with E-state index in [2.05, 4.69) is 10.1 Å². The Kier molecular flexibility index (Phi) is 6.08. The van der Waals surface area contributed by atoms with Gasteiger partial charge in [0.25, 0.3) is 0 Å². The molecular formula is C9H18ClNO3. The molecule has 0 bridgehead atoms. The summed E-state index contributed by atoms with van der Waals surface area (Å²) in [6.45, 7) is 1.98. The lowest BCUT2D eigenvalue weighted by Gasteiger charge is -2.28. The molecule has 1 aliphatic heterocycles. The van der Waals surface area contributed by atoms with Crippen molar-refractivity contribution in [2.75, 3.05) is 7.11 Å². The summed E-state index contributed by atoms with van der Waals surface area (Å²) in [5.41, 5.74) is 0. The van der Waals surface area contributed by atoms with Crippen molar-refractivity contribution in [2.45, 2.75) is 44.4 Å². The molecule has 84 valence electrons. The van der Waals surface area contributed by atoms with Crippen molar-refractivity contribution < 1.29 is 32.4 Å². The van der Waals surface area contributed by atoms with Crippen LogP contribution in [0.2, 0.25) is 0 Å². The summed E-state index contributed by atoms with van der Waals surface area (Å²) in [4.78, 5) is 11.0. The molecule has 14 heavy (non-hydrogen) atoms. The molecular weight excluding hydrogens is 206 g/mol. The summed E-state index contributed by atoms with van der Waals surface area (Å²) < 4.78 is 4.59. The fourth-order valence-electron chi connectivity index (χ4n) is 1.77. The quantitative estimate of drug-likeness (QED) is 0.470. The zero-order valence-electron chi connectivity index (χ0n) is 8.57. The lowest BCUT2D eigenvalue weighted by atomic mass is 9.95. The number of rotatable bonds is 2. The van der Waals surface area contributed by atoms with Crippen LogP contribution >= 0.6 is 0 Å². The van der Waals surface area contributed by atoms with E-state index >= 15 is 0 Å². The molecule has 0 aliphatic carbocycles. The predicted molar refractivity (Wildman–Crippen MR) is 47.0 cm³/mol. The Labute approximate surface area is 90.4 Å². The average molecular weight is 224 g/mol. The minimum absolute atomic E-state index is 0. The van der Waals surface area contributed by atoms with Crippen molar-refractivity contribution in [1.82, 2.24) is 0 Å². The number of methoxy groups -OCH3 is 1. The zero-order chi connectivity index (χ0) is 9.84. The number of esters is 1. The maximum absolute atomic E-state index is 11.0. The number of nitrogens with two attached hydrogens (primary N) is 1. The highest BCUT2D eigenvalue weighted by atomic mass is 35.5. The van der Waals surface area contributed by atoms with Crippen LogP contribution in [0.25, 0.3) is 0 Å². The van der Waals surface area contributed by atoms with Crippen LogP contribution in [-0.2, 0) is 9.53 Å². The number of aliphatic hydroxyl groups excluding tert-OH is 1. The lowest BCUT2D eigenvalue weighted by molar-refractivity contribution is -0.733. The first-order valence-electron chi connectivity index (χ1n) is 4.73. The van der Waals surface area contributed by atoms with Crippen LogP contribution in [0.1, 0.15) is 26.2 Å². The number of ether oxygens (including phenoxy) is 1. The zero-order valence-corrected chi connectivity index (χ0v) is 9.33. The molecule has 3 N–H and O–H groups in total. The smallest absolute Gasteiger partial charge is 0.311 e. The molecule has 0 aromatic rings. The van der Waals surface area contributed by atoms with E-state index in [1.54, 1.807) is 0 Å². The molecule has 1 aliphatic rings. The predicted octanol–water partition coefficient (Wildman–Crippen LogP) is -3.97. The van der Waals surface area contributed by atoms with Gasteiger partial charge in [-0.1, -0.05) is 0 Å². The van der Waals surface area contributed by atoms with Gasteiger partial charge in [0.05, 0.1) is 19.6 Å². The van der Waals surface area contributed by atoms with E-state index < -0.39 is 0 Å². The van der Waals surface area contributed by atoms with Crippen molar-refractivity contribution >= 4 is 5.97 Å². The van der Waals surface area contributed by atoms with Crippen LogP contribution in [0.15, 0.2) is 0 Å². The minimum atomic E-state index is -0.228. The topological polar surface area (TPSA) is 63.1 Å². The van der Waals surface area contributed by atoms with Crippen molar-refractivity contribution in [2.24, 2.45) is 0 Å². The number of carbonyl (C=O) groups excluding carboxylic acids is 1. The first kappa shape index (κ1) is 13.7. The van der Waals surface area contributed by atoms with Gasteiger partial charge in [0.15, 0.2) is 0 Å². The maximum Gasteiger partial charge on any atom is 0.311 e. The van der Waals surface area contributed by atoms with Gasteiger partial charge in [-0.3, -0.25) is 4.79 Å². The van der Waals surface area contributed by atoms with E-state index in [1.807, 2.05) is 6.92 Å². The fraction of sp³-hybridized carbons (Fsp3) is 0.889. The second-order valence-electron chi connectivity index (χ2n) is 3.74. The molecule has 1 fully saturated rings. The highest BCUT2D eigenvalue weighted by Gasteiger charge is 2.30. The number of hydrogen-bond donors (Lipinski definition) is 2. The van der Waals surface area contributed by atoms with E-state index in [9.17, 15) is 9.90 Å². The van der Waals surface area contributed by atoms with E-state index in [1.165, 1.54) is 7.11 Å². The third-order valence-corrected chi connectivity index (χ3v) is 2.67. The Morgan fingerprint density at radius 3 is 2.71 bits per heavy atom. The van der Waals surface area contributed by atoms with E-state index in [-0.39, 0.29) is 36.6 Å². The Morgan fingerprint density at radius 1 is 1.57 bits per heavy atom. The highest BCUT2D eigenvalue weighted by Crippen LogP contribution is 2.09. The molecule has 0 amide bonds. The van der Waals surface area contributed by atoms with Gasteiger partial charge in [0, 0.05) is 6.42 Å². The number of carbonyl (C=O) groups is 1. The summed E-state index contributed by atoms with van der Waals surface area (Å²) in [7, 11) is 1.41. The van der Waals surface area contributed by atoms with Gasteiger partial charge in [-0.25, -0.2) is 0 Å². The second kappa shape index (κ2) is 6.22. The monoisotopic (exact) mass is 223 g/mol. The van der Waals surface area contributed by atoms with Crippen molar-refractivity contribution in [3.05, 3.63) is 0 Å². The Bertz CT molecular complexity index is 189. The maximum atomic E-state index is 11.0. The molecule has 0 spiro atoms. The first-order chi connectivity index (χ1) is 6.13. The number of halogens is 1. The molecule has 4 nitrogen and oxygen atoms in total. The van der Waals surface area contributed by atoms with Gasteiger partial charge >= 0.3 is 5.97 Å². The third-order valence-electron chi connectivity index (χ3n) is 2.67. The van der Waals surface area contributed by atoms with Gasteiger partial charge in [-0.05, 0) is 13.3 Å². The molecule has 1 rings (SSSR count). The summed E-state index contributed by atoms with van der Waals surface area (Å²) >= 11 is 0. The number of aliphatic hydroxyl groups is 1. The Morgan fingerprint density at radius 2 is 2.21 bits per heavy atom. The molecule has 0 aromatic carbocycles. The van der Waals surface area contributed by atoms with E-state index in [0.717, 1.165) is 12.8 Å². The molecule has 0 saturated carbocycles. The van der Waals surface area contributed by atoms with Crippen molar-refractivity contribution in [3.8, 4) is 0 Å². The molecule has 5 heteroatoms. The van der Waals surface area contributed by atoms with Gasteiger partial charge in [0.2, 0.25) is 0 Å². The van der Waals surface area contributed by atoms with Crippen LogP contribution in [-0.4, -0.2) is 36.4 Å². The summed E-state index contributed by atoms with van der Waals surface area (Å²) in [5.74, 6) is -0.162. The molecule has 0 aromatic heterocycles. The summed E-state index contributed by atoms with van der Waals surface area (Å²) in [5, 5.41) is 11.5. The van der Waals surface area contributed by atoms with Gasteiger partial charge in [0.1, 0.15) is 12.1 Å². The molecule has 1 saturated heterocycles. The first-order valence-corrected chi connectivity index (χ1v) is 4.73. The van der Waals surface area contributed by atoms with E-state index in [0.29, 0.717) is 6.42 Å². The van der Waals surface area contributed by atoms with Crippen LogP contribution in [0.3, 0.4) is 0 Å². The standard InChI is InChI=1S/C9H17NO3.ClH/c1-6-8(11)4-3-7(10-6)5-9(12)13-2;/h6-8,10-11H,3-5H2,1-2H3;1H/t6-,7-,8-;/m0./s1. The third kappa shape index (κ3) is 3.82. The molecule has 0 radical (unpaired) electrons. The molecule has 0 unspecified atom stereocenters. The van der Waals surface area contributed by atoms with Crippen LogP contribution < -0.4 is 17.7 Å². The van der Waals surface area contributed by atoms with Gasteiger partial charge < -0.3 is 27.6 Å². The van der Waals surface area contributed by atoms with Crippen molar-refractivity contribution in [1.29, 1.82) is 0 Å². The van der Waals surface area contributed by atoms with Crippen LogP contribution in [0.5, 0.6) is 0 Å². The second-order valence-corrected chi connectivity index (χ2v) is 3.74. The van der Waals surface area contributed by atoms with Gasteiger partial charge in [-0.2, -0.15) is 0 Å². The summed E-state index contributed by atoms with van der Waals surface area (Å²) in [6, 6.07) is 0.481. The summed E-state index contributed by atoms with van der Waals surface area (Å²) in [6.07, 6.45) is 1.90. The number of hydrogen-bond acceptors (Lipinski definition) is 3. The van der Waals surface area contributed by atoms with Crippen LogP contribution in [0, 0.1) is 0 Å². The largest absolute Gasteiger partial charge is 1.00 e. The van der Waals surface area contributed by atoms with E-state index in [4.69, 9.17) is 0 Å². The fourth-order valence-corrected chi connectivity index (χ4v) is 1.77. The average Bonchev–Trinajstić information content (AvgIpc) is 2.11. The molecule has 1 heterocycles. The van der Waals surface area contributed by atoms with Crippen LogP contribution in [0.4, 0.5) is 0 Å². The number of piperidine rings is 1. The lowest BCUT2D eigenvalue weighted by Crippen LogP contribution is -3.00. The van der Waals surface area contributed by atoms with Gasteiger partial charge in [-0.15, -0.1) is 0 Å². The minimum Gasteiger partial charge on any atom is -1.00 e. The van der Waals surface area contributed by atoms with Crippen molar-refractivity contribution in [3.63, 3.8) is 0 Å². The normalized spacial score (nSPS) is 31.8. The molecule has 3 atom stereocenters. The highest BCUT2D eigenvalue weighted by molar-refractivity contribution is 5.69. The Hall–Kier alpha value is -0.320.